The van der Waals surface area contributed by atoms with Crippen molar-refractivity contribution in [2.24, 2.45) is 0 Å². The van der Waals surface area contributed by atoms with E-state index >= 15 is 0 Å². The number of hydrogen-bond donors (Lipinski definition) is 0. The first-order chi connectivity index (χ1) is 8.25. The molecule has 3 heteroatoms. The third-order valence-electron chi connectivity index (χ3n) is 3.60. The van der Waals surface area contributed by atoms with Gasteiger partial charge in [0.25, 0.3) is 0 Å². The molecule has 1 aromatic rings. The molecule has 0 amide bonds. The number of fused-ring (bicyclic) bond motifs is 2. The maximum absolute atomic E-state index is 2.59. The molecule has 3 rings (SSSR count). The minimum Gasteiger partial charge on any atom is -0.369 e. The summed E-state index contributed by atoms with van der Waals surface area (Å²) in [6, 6.07) is 5.51. The highest BCUT2D eigenvalue weighted by atomic mass is 32.2. The van der Waals surface area contributed by atoms with Gasteiger partial charge in [-0.2, -0.15) is 0 Å². The summed E-state index contributed by atoms with van der Waals surface area (Å²) in [4.78, 5) is 5.60. The van der Waals surface area contributed by atoms with Crippen molar-refractivity contribution in [1.82, 2.24) is 0 Å². The van der Waals surface area contributed by atoms with E-state index in [2.05, 4.69) is 30.9 Å². The van der Waals surface area contributed by atoms with E-state index in [9.17, 15) is 0 Å². The van der Waals surface area contributed by atoms with Gasteiger partial charge in [-0.3, -0.25) is 0 Å². The molecule has 0 aliphatic carbocycles. The highest BCUT2D eigenvalue weighted by molar-refractivity contribution is 8.18. The molecule has 2 aliphatic heterocycles. The largest absolute Gasteiger partial charge is 0.369 e. The number of benzene rings is 1. The van der Waals surface area contributed by atoms with Crippen LogP contribution in [0.1, 0.15) is 32.3 Å². The van der Waals surface area contributed by atoms with Crippen molar-refractivity contribution in [2.75, 3.05) is 16.5 Å². The maximum atomic E-state index is 2.59. The van der Waals surface area contributed by atoms with Gasteiger partial charge >= 0.3 is 0 Å². The quantitative estimate of drug-likeness (QED) is 0.741. The molecular formula is C14H19NS2. The molecule has 0 bridgehead atoms. The summed E-state index contributed by atoms with van der Waals surface area (Å²) in [5.41, 5.74) is 3.08. The average molecular weight is 265 g/mol. The van der Waals surface area contributed by atoms with Gasteiger partial charge in [-0.05, 0) is 50.8 Å². The van der Waals surface area contributed by atoms with Gasteiger partial charge in [-0.15, -0.1) is 23.5 Å². The summed E-state index contributed by atoms with van der Waals surface area (Å²) in [5, 5.41) is 1.19. The summed E-state index contributed by atoms with van der Waals surface area (Å²) in [6.07, 6.45) is 3.93. The van der Waals surface area contributed by atoms with E-state index in [1.54, 1.807) is 5.56 Å². The lowest BCUT2D eigenvalue weighted by molar-refractivity contribution is 0.652. The van der Waals surface area contributed by atoms with Gasteiger partial charge in [0.2, 0.25) is 0 Å². The first-order valence-corrected chi connectivity index (χ1v) is 8.42. The van der Waals surface area contributed by atoms with Crippen molar-refractivity contribution < 1.29 is 0 Å². The van der Waals surface area contributed by atoms with Crippen LogP contribution >= 0.6 is 23.5 Å². The average Bonchev–Trinajstić information content (AvgIpc) is 2.64. The summed E-state index contributed by atoms with van der Waals surface area (Å²) in [5.74, 6) is 0. The molecule has 0 radical (unpaired) electrons. The van der Waals surface area contributed by atoms with Crippen molar-refractivity contribution in [3.8, 4) is 0 Å². The highest BCUT2D eigenvalue weighted by Gasteiger charge is 2.22. The molecule has 92 valence electrons. The lowest BCUT2D eigenvalue weighted by atomic mass is 10.1. The van der Waals surface area contributed by atoms with E-state index in [0.717, 1.165) is 0 Å². The van der Waals surface area contributed by atoms with Crippen LogP contribution in [0.3, 0.4) is 0 Å². The number of nitrogens with zero attached hydrogens (tertiary/aromatic N) is 1. The number of thioether (sulfide) groups is 2. The monoisotopic (exact) mass is 265 g/mol. The van der Waals surface area contributed by atoms with Gasteiger partial charge in [-0.25, -0.2) is 0 Å². The van der Waals surface area contributed by atoms with Gasteiger partial charge in [0.15, 0.2) is 0 Å². The van der Waals surface area contributed by atoms with Crippen LogP contribution in [0.25, 0.3) is 0 Å². The second-order valence-corrected chi connectivity index (χ2v) is 7.48. The Kier molecular flexibility index (Phi) is 3.31. The molecule has 17 heavy (non-hydrogen) atoms. The van der Waals surface area contributed by atoms with Gasteiger partial charge in [0.05, 0.1) is 0 Å². The van der Waals surface area contributed by atoms with Crippen LogP contribution < -0.4 is 4.90 Å². The van der Waals surface area contributed by atoms with Gasteiger partial charge in [-0.1, -0.05) is 0 Å². The molecular weight excluding hydrogens is 246 g/mol. The topological polar surface area (TPSA) is 3.24 Å². The Morgan fingerprint density at radius 1 is 1.12 bits per heavy atom. The predicted molar refractivity (Wildman–Crippen MR) is 78.4 cm³/mol. The van der Waals surface area contributed by atoms with Crippen LogP contribution in [0.5, 0.6) is 0 Å². The zero-order valence-corrected chi connectivity index (χ0v) is 12.2. The molecule has 0 fully saturated rings. The summed E-state index contributed by atoms with van der Waals surface area (Å²) >= 11 is 4.00. The van der Waals surface area contributed by atoms with Crippen LogP contribution in [0.4, 0.5) is 5.69 Å². The molecule has 0 atom stereocenters. The number of aryl methyl sites for hydroxylation is 1. The Bertz CT molecular complexity index is 428. The van der Waals surface area contributed by atoms with E-state index in [-0.39, 0.29) is 0 Å². The fourth-order valence-electron chi connectivity index (χ4n) is 2.70. The minimum atomic E-state index is 0.615. The minimum absolute atomic E-state index is 0.615. The maximum Gasteiger partial charge on any atom is 0.0487 e. The number of anilines is 1. The standard InChI is InChI=1S/C14H19NS2/c1-10(2)15-6-4-3-5-11-7-13-14(8-12(11)15)17-9-16-13/h7-8,10H,3-6,9H2,1-2H3. The number of rotatable bonds is 1. The first-order valence-electron chi connectivity index (χ1n) is 6.45. The zero-order valence-electron chi connectivity index (χ0n) is 10.5. The molecule has 0 saturated carbocycles. The first kappa shape index (κ1) is 11.8. The van der Waals surface area contributed by atoms with Crippen molar-refractivity contribution in [1.29, 1.82) is 0 Å². The second-order valence-electron chi connectivity index (χ2n) is 5.08. The second kappa shape index (κ2) is 4.77. The molecule has 0 saturated heterocycles. The molecule has 0 spiro atoms. The molecule has 0 aromatic heterocycles. The van der Waals surface area contributed by atoms with Crippen molar-refractivity contribution in [3.05, 3.63) is 17.7 Å². The Hall–Kier alpha value is -0.280. The zero-order chi connectivity index (χ0) is 11.8. The van der Waals surface area contributed by atoms with Crippen molar-refractivity contribution >= 4 is 29.2 Å². The molecule has 0 N–H and O–H groups in total. The van der Waals surface area contributed by atoms with E-state index in [0.29, 0.717) is 6.04 Å². The van der Waals surface area contributed by atoms with Gasteiger partial charge in [0, 0.05) is 33.1 Å². The fraction of sp³-hybridized carbons (Fsp3) is 0.571. The highest BCUT2D eigenvalue weighted by Crippen LogP contribution is 2.45. The predicted octanol–water partition coefficient (Wildman–Crippen LogP) is 4.39. The smallest absolute Gasteiger partial charge is 0.0487 e. The summed E-state index contributed by atoms with van der Waals surface area (Å²) in [6.45, 7) is 5.84. The molecule has 2 aliphatic rings. The van der Waals surface area contributed by atoms with Crippen LogP contribution in [-0.2, 0) is 6.42 Å². The molecule has 1 nitrogen and oxygen atoms in total. The van der Waals surface area contributed by atoms with E-state index in [1.165, 1.54) is 46.4 Å². The Morgan fingerprint density at radius 2 is 1.88 bits per heavy atom. The fourth-order valence-corrected chi connectivity index (χ4v) is 5.12. The molecule has 2 heterocycles. The molecule has 0 unspecified atom stereocenters. The van der Waals surface area contributed by atoms with E-state index < -0.39 is 0 Å². The lowest BCUT2D eigenvalue weighted by Gasteiger charge is -2.29. The van der Waals surface area contributed by atoms with Crippen LogP contribution in [0, 0.1) is 0 Å². The summed E-state index contributed by atoms with van der Waals surface area (Å²) < 4.78 is 0. The number of hydrogen-bond acceptors (Lipinski definition) is 3. The van der Waals surface area contributed by atoms with Crippen LogP contribution in [0.2, 0.25) is 0 Å². The Labute approximate surface area is 112 Å². The third-order valence-corrected chi connectivity index (χ3v) is 5.97. The van der Waals surface area contributed by atoms with Gasteiger partial charge in [0.1, 0.15) is 0 Å². The Balaban J connectivity index is 2.06. The van der Waals surface area contributed by atoms with Crippen LogP contribution in [-0.4, -0.2) is 17.7 Å². The SMILES string of the molecule is CC(C)N1CCCCc2cc3c(cc21)SCS3. The Morgan fingerprint density at radius 3 is 2.65 bits per heavy atom. The van der Waals surface area contributed by atoms with Gasteiger partial charge < -0.3 is 4.90 Å². The van der Waals surface area contributed by atoms with Crippen LogP contribution in [0.15, 0.2) is 21.9 Å². The van der Waals surface area contributed by atoms with E-state index in [1.807, 2.05) is 23.5 Å². The third kappa shape index (κ3) is 2.19. The normalized spacial score (nSPS) is 19.1. The lowest BCUT2D eigenvalue weighted by Crippen LogP contribution is -2.31. The van der Waals surface area contributed by atoms with Crippen molar-refractivity contribution in [2.45, 2.75) is 48.9 Å². The van der Waals surface area contributed by atoms with Crippen molar-refractivity contribution in [3.63, 3.8) is 0 Å². The summed E-state index contributed by atoms with van der Waals surface area (Å²) in [7, 11) is 0. The molecule has 1 aromatic carbocycles. The van der Waals surface area contributed by atoms with E-state index in [4.69, 9.17) is 0 Å².